The summed E-state index contributed by atoms with van der Waals surface area (Å²) in [6.45, 7) is 0. The zero-order valence-corrected chi connectivity index (χ0v) is 7.13. The predicted molar refractivity (Wildman–Crippen MR) is 43.7 cm³/mol. The minimum Gasteiger partial charge on any atom is -0.410 e. The molecule has 0 bridgehead atoms. The van der Waals surface area contributed by atoms with Gasteiger partial charge in [0, 0.05) is 0 Å². The van der Waals surface area contributed by atoms with E-state index >= 15 is 0 Å². The van der Waals surface area contributed by atoms with Crippen LogP contribution in [0.4, 0.5) is 0 Å². The average molecular weight is 213 g/mol. The fourth-order valence-electron chi connectivity index (χ4n) is 0.666. The lowest BCUT2D eigenvalue weighted by Crippen LogP contribution is -2.02. The van der Waals surface area contributed by atoms with Crippen LogP contribution in [0.1, 0.15) is 5.56 Å². The highest BCUT2D eigenvalue weighted by Crippen LogP contribution is 2.24. The maximum atomic E-state index is 8.48. The smallest absolute Gasteiger partial charge is 0.161 e. The van der Waals surface area contributed by atoms with E-state index in [1.54, 1.807) is 18.2 Å². The quantitative estimate of drug-likeness (QED) is 0.720. The second-order valence-electron chi connectivity index (χ2n) is 1.87. The number of hydrogen-bond acceptors (Lipinski definition) is 3. The van der Waals surface area contributed by atoms with Gasteiger partial charge in [-0.05, 0) is 34.1 Å². The van der Waals surface area contributed by atoms with Gasteiger partial charge in [0.15, 0.2) is 5.75 Å². The molecule has 4 heteroatoms. The molecule has 0 saturated heterocycles. The van der Waals surface area contributed by atoms with Gasteiger partial charge in [0.1, 0.15) is 0 Å². The maximum Gasteiger partial charge on any atom is 0.161 e. The summed E-state index contributed by atoms with van der Waals surface area (Å²) in [4.78, 5) is 4.49. The van der Waals surface area contributed by atoms with Crippen molar-refractivity contribution in [2.24, 2.45) is 5.90 Å². The highest BCUT2D eigenvalue weighted by Gasteiger charge is 1.99. The van der Waals surface area contributed by atoms with Gasteiger partial charge < -0.3 is 4.84 Å². The molecule has 0 fully saturated rings. The van der Waals surface area contributed by atoms with Crippen LogP contribution < -0.4 is 10.7 Å². The summed E-state index contributed by atoms with van der Waals surface area (Å²) in [5, 5.41) is 8.48. The van der Waals surface area contributed by atoms with Crippen LogP contribution in [0.2, 0.25) is 0 Å². The van der Waals surface area contributed by atoms with Crippen molar-refractivity contribution >= 4 is 15.9 Å². The Balaban J connectivity index is 3.12. The molecule has 0 aliphatic carbocycles. The molecule has 11 heavy (non-hydrogen) atoms. The molecule has 0 aliphatic rings. The molecule has 1 aromatic carbocycles. The molecule has 0 aliphatic heterocycles. The van der Waals surface area contributed by atoms with Gasteiger partial charge in [0.25, 0.3) is 0 Å². The summed E-state index contributed by atoms with van der Waals surface area (Å²) in [5.41, 5.74) is 0.567. The van der Waals surface area contributed by atoms with Gasteiger partial charge in [-0.2, -0.15) is 11.2 Å². The number of nitrogens with two attached hydrogens (primary N) is 1. The van der Waals surface area contributed by atoms with Crippen molar-refractivity contribution in [2.75, 3.05) is 0 Å². The lowest BCUT2D eigenvalue weighted by Gasteiger charge is -1.99. The Hall–Kier alpha value is -1.05. The van der Waals surface area contributed by atoms with E-state index in [2.05, 4.69) is 20.8 Å². The number of rotatable bonds is 1. The van der Waals surface area contributed by atoms with Crippen LogP contribution in [0.5, 0.6) is 5.75 Å². The zero-order chi connectivity index (χ0) is 8.27. The minimum atomic E-state index is 0.518. The summed E-state index contributed by atoms with van der Waals surface area (Å²) in [5.74, 6) is 5.45. The Labute approximate surface area is 72.5 Å². The van der Waals surface area contributed by atoms with Gasteiger partial charge in [0.2, 0.25) is 0 Å². The second-order valence-corrected chi connectivity index (χ2v) is 2.73. The van der Waals surface area contributed by atoms with E-state index in [1.807, 2.05) is 6.07 Å². The van der Waals surface area contributed by atoms with Gasteiger partial charge in [-0.15, -0.1) is 0 Å². The van der Waals surface area contributed by atoms with E-state index in [1.165, 1.54) is 0 Å². The molecule has 1 aromatic rings. The summed E-state index contributed by atoms with van der Waals surface area (Å²) >= 11 is 3.19. The summed E-state index contributed by atoms with van der Waals surface area (Å²) in [6, 6.07) is 6.89. The first-order valence-corrected chi connectivity index (χ1v) is 3.63. The summed E-state index contributed by atoms with van der Waals surface area (Å²) in [7, 11) is 0. The topological polar surface area (TPSA) is 59.0 Å². The van der Waals surface area contributed by atoms with Crippen LogP contribution in [0.3, 0.4) is 0 Å². The van der Waals surface area contributed by atoms with E-state index < -0.39 is 0 Å². The van der Waals surface area contributed by atoms with Gasteiger partial charge in [-0.25, -0.2) is 0 Å². The first-order valence-electron chi connectivity index (χ1n) is 2.84. The third kappa shape index (κ3) is 1.70. The molecule has 0 atom stereocenters. The van der Waals surface area contributed by atoms with E-state index in [4.69, 9.17) is 11.2 Å². The first kappa shape index (κ1) is 8.05. The highest BCUT2D eigenvalue weighted by atomic mass is 79.9. The van der Waals surface area contributed by atoms with E-state index in [0.717, 1.165) is 0 Å². The van der Waals surface area contributed by atoms with Crippen molar-refractivity contribution in [3.05, 3.63) is 28.2 Å². The predicted octanol–water partition coefficient (Wildman–Crippen LogP) is 1.57. The number of nitrogens with zero attached hydrogens (tertiary/aromatic N) is 1. The molecule has 2 N–H and O–H groups in total. The third-order valence-electron chi connectivity index (χ3n) is 1.19. The zero-order valence-electron chi connectivity index (χ0n) is 5.54. The number of benzene rings is 1. The molecule has 0 aromatic heterocycles. The molecule has 0 amide bonds. The monoisotopic (exact) mass is 212 g/mol. The van der Waals surface area contributed by atoms with Gasteiger partial charge >= 0.3 is 0 Å². The fourth-order valence-corrected chi connectivity index (χ4v) is 1.14. The Morgan fingerprint density at radius 1 is 1.55 bits per heavy atom. The van der Waals surface area contributed by atoms with Crippen molar-refractivity contribution in [1.29, 1.82) is 5.26 Å². The average Bonchev–Trinajstić information content (AvgIpc) is 2.04. The van der Waals surface area contributed by atoms with Crippen LogP contribution in [0.15, 0.2) is 22.7 Å². The summed E-state index contributed by atoms with van der Waals surface area (Å²) < 4.78 is 0.680. The van der Waals surface area contributed by atoms with Crippen molar-refractivity contribution in [2.45, 2.75) is 0 Å². The molecule has 1 rings (SSSR count). The van der Waals surface area contributed by atoms with Crippen molar-refractivity contribution in [1.82, 2.24) is 0 Å². The number of halogens is 1. The minimum absolute atomic E-state index is 0.518. The van der Waals surface area contributed by atoms with Crippen molar-refractivity contribution in [3.63, 3.8) is 0 Å². The SMILES string of the molecule is N#Cc1ccc(ON)c(Br)c1. The Morgan fingerprint density at radius 3 is 2.73 bits per heavy atom. The molecule has 0 saturated carbocycles. The van der Waals surface area contributed by atoms with Crippen molar-refractivity contribution in [3.8, 4) is 11.8 Å². The standard InChI is InChI=1S/C7H5BrN2O/c8-6-3-5(4-9)1-2-7(6)11-10/h1-3H,10H2. The van der Waals surface area contributed by atoms with Crippen LogP contribution >= 0.6 is 15.9 Å². The highest BCUT2D eigenvalue weighted by molar-refractivity contribution is 9.10. The van der Waals surface area contributed by atoms with Gasteiger partial charge in [-0.3, -0.25) is 0 Å². The van der Waals surface area contributed by atoms with E-state index in [9.17, 15) is 0 Å². The molecule has 3 nitrogen and oxygen atoms in total. The van der Waals surface area contributed by atoms with Crippen LogP contribution in [-0.4, -0.2) is 0 Å². The number of hydrogen-bond donors (Lipinski definition) is 1. The van der Waals surface area contributed by atoms with E-state index in [0.29, 0.717) is 15.8 Å². The first-order chi connectivity index (χ1) is 5.27. The summed E-state index contributed by atoms with van der Waals surface area (Å²) in [6.07, 6.45) is 0. The van der Waals surface area contributed by atoms with E-state index in [-0.39, 0.29) is 0 Å². The molecule has 56 valence electrons. The van der Waals surface area contributed by atoms with Gasteiger partial charge in [0.05, 0.1) is 16.1 Å². The van der Waals surface area contributed by atoms with Crippen LogP contribution in [0.25, 0.3) is 0 Å². The Kier molecular flexibility index (Phi) is 2.47. The normalized spacial score (nSPS) is 8.82. The molecule has 0 unspecified atom stereocenters. The molecular weight excluding hydrogens is 208 g/mol. The van der Waals surface area contributed by atoms with Gasteiger partial charge in [-0.1, -0.05) is 0 Å². The third-order valence-corrected chi connectivity index (χ3v) is 1.81. The lowest BCUT2D eigenvalue weighted by atomic mass is 10.2. The Bertz CT molecular complexity index is 306. The van der Waals surface area contributed by atoms with Crippen molar-refractivity contribution < 1.29 is 4.84 Å². The molecule has 0 spiro atoms. The molecular formula is C7H5BrN2O. The van der Waals surface area contributed by atoms with Crippen LogP contribution in [0, 0.1) is 11.3 Å². The fraction of sp³-hybridized carbons (Fsp3) is 0. The lowest BCUT2D eigenvalue weighted by molar-refractivity contribution is 0.332. The number of nitriles is 1. The Morgan fingerprint density at radius 2 is 2.27 bits per heavy atom. The van der Waals surface area contributed by atoms with Crippen LogP contribution in [-0.2, 0) is 0 Å². The maximum absolute atomic E-state index is 8.48. The second kappa shape index (κ2) is 3.37. The molecule has 0 heterocycles. The molecule has 0 radical (unpaired) electrons. The largest absolute Gasteiger partial charge is 0.410 e.